The van der Waals surface area contributed by atoms with Crippen molar-refractivity contribution in [3.63, 3.8) is 0 Å². The van der Waals surface area contributed by atoms with Gasteiger partial charge in [0, 0.05) is 37.2 Å². The van der Waals surface area contributed by atoms with E-state index in [1.54, 1.807) is 0 Å². The second-order valence-electron chi connectivity index (χ2n) is 5.23. The Morgan fingerprint density at radius 3 is 2.89 bits per heavy atom. The molecule has 1 aromatic carbocycles. The highest BCUT2D eigenvalue weighted by Crippen LogP contribution is 2.16. The van der Waals surface area contributed by atoms with Crippen LogP contribution in [0.1, 0.15) is 5.56 Å². The van der Waals surface area contributed by atoms with E-state index in [2.05, 4.69) is 37.9 Å². The topological polar surface area (TPSA) is 49.6 Å². The molecule has 0 radical (unpaired) electrons. The van der Waals surface area contributed by atoms with Gasteiger partial charge in [0.15, 0.2) is 0 Å². The summed E-state index contributed by atoms with van der Waals surface area (Å²) in [5, 5.41) is 0. The molecule has 1 heterocycles. The molecule has 19 heavy (non-hydrogen) atoms. The summed E-state index contributed by atoms with van der Waals surface area (Å²) >= 11 is 3.49. The summed E-state index contributed by atoms with van der Waals surface area (Å²) in [5.74, 6) is -0.285. The summed E-state index contributed by atoms with van der Waals surface area (Å²) in [6, 6.07) is 8.29. The summed E-state index contributed by atoms with van der Waals surface area (Å²) in [5.41, 5.74) is 6.73. The molecule has 2 rings (SSSR count). The first-order chi connectivity index (χ1) is 9.04. The van der Waals surface area contributed by atoms with Crippen LogP contribution in [0.25, 0.3) is 0 Å². The van der Waals surface area contributed by atoms with E-state index >= 15 is 0 Å². The second kappa shape index (κ2) is 6.50. The van der Waals surface area contributed by atoms with E-state index in [0.717, 1.165) is 37.2 Å². The predicted molar refractivity (Wildman–Crippen MR) is 79.6 cm³/mol. The summed E-state index contributed by atoms with van der Waals surface area (Å²) in [6.45, 7) is 4.29. The van der Waals surface area contributed by atoms with E-state index in [0.29, 0.717) is 0 Å². The van der Waals surface area contributed by atoms with Gasteiger partial charge >= 0.3 is 0 Å². The lowest BCUT2D eigenvalue weighted by molar-refractivity contribution is -0.122. The molecule has 0 saturated carbocycles. The zero-order valence-electron chi connectivity index (χ0n) is 11.2. The quantitative estimate of drug-likeness (QED) is 0.911. The van der Waals surface area contributed by atoms with Gasteiger partial charge in [-0.1, -0.05) is 28.1 Å². The Morgan fingerprint density at radius 2 is 2.21 bits per heavy atom. The normalized spacial score (nSPS) is 22.1. The van der Waals surface area contributed by atoms with Gasteiger partial charge in [-0.3, -0.25) is 9.69 Å². The molecule has 104 valence electrons. The largest absolute Gasteiger partial charge is 0.369 e. The average Bonchev–Trinajstić information content (AvgIpc) is 2.52. The van der Waals surface area contributed by atoms with Gasteiger partial charge in [-0.15, -0.1) is 0 Å². The SMILES string of the molecule is CN1CCN(Cc2cccc(Br)c2)C[C@@H](C(N)=O)C1. The maximum atomic E-state index is 11.5. The van der Waals surface area contributed by atoms with Crippen molar-refractivity contribution < 1.29 is 4.79 Å². The number of nitrogens with two attached hydrogens (primary N) is 1. The van der Waals surface area contributed by atoms with Gasteiger partial charge in [0.2, 0.25) is 5.91 Å². The number of carbonyl (C=O) groups excluding carboxylic acids is 1. The van der Waals surface area contributed by atoms with Crippen molar-refractivity contribution in [3.05, 3.63) is 34.3 Å². The van der Waals surface area contributed by atoms with Gasteiger partial charge in [0.25, 0.3) is 0 Å². The highest BCUT2D eigenvalue weighted by Gasteiger charge is 2.24. The van der Waals surface area contributed by atoms with Crippen LogP contribution in [0.5, 0.6) is 0 Å². The van der Waals surface area contributed by atoms with Crippen LogP contribution in [0.3, 0.4) is 0 Å². The fourth-order valence-electron chi connectivity index (χ4n) is 2.46. The number of halogens is 1. The molecule has 1 aromatic rings. The first kappa shape index (κ1) is 14.5. The molecule has 2 N–H and O–H groups in total. The minimum absolute atomic E-state index is 0.0837. The number of rotatable bonds is 3. The van der Waals surface area contributed by atoms with Gasteiger partial charge < -0.3 is 10.6 Å². The second-order valence-corrected chi connectivity index (χ2v) is 6.14. The minimum atomic E-state index is -0.201. The zero-order valence-corrected chi connectivity index (χ0v) is 12.8. The summed E-state index contributed by atoms with van der Waals surface area (Å²) in [6.07, 6.45) is 0. The molecular weight excluding hydrogens is 306 g/mol. The van der Waals surface area contributed by atoms with Crippen molar-refractivity contribution in [1.82, 2.24) is 9.80 Å². The van der Waals surface area contributed by atoms with Crippen molar-refractivity contribution in [2.75, 3.05) is 33.2 Å². The molecule has 1 saturated heterocycles. The van der Waals surface area contributed by atoms with Gasteiger partial charge in [-0.25, -0.2) is 0 Å². The molecule has 1 atom stereocenters. The Balaban J connectivity index is 2.04. The highest BCUT2D eigenvalue weighted by molar-refractivity contribution is 9.10. The van der Waals surface area contributed by atoms with Crippen molar-refractivity contribution >= 4 is 21.8 Å². The van der Waals surface area contributed by atoms with Gasteiger partial charge in [0.05, 0.1) is 5.92 Å². The Morgan fingerprint density at radius 1 is 1.42 bits per heavy atom. The van der Waals surface area contributed by atoms with E-state index in [9.17, 15) is 4.79 Å². The standard InChI is InChI=1S/C14H20BrN3O/c1-17-5-6-18(10-12(9-17)14(16)19)8-11-3-2-4-13(15)7-11/h2-4,7,12H,5-6,8-10H2,1H3,(H2,16,19)/t12-/m0/s1. The molecule has 4 nitrogen and oxygen atoms in total. The maximum Gasteiger partial charge on any atom is 0.223 e. The Hall–Kier alpha value is -0.910. The van der Waals surface area contributed by atoms with E-state index in [1.165, 1.54) is 5.56 Å². The van der Waals surface area contributed by atoms with Crippen LogP contribution in [0.4, 0.5) is 0 Å². The highest BCUT2D eigenvalue weighted by atomic mass is 79.9. The third kappa shape index (κ3) is 4.30. The molecular formula is C14H20BrN3O. The number of carbonyl (C=O) groups is 1. The summed E-state index contributed by atoms with van der Waals surface area (Å²) in [7, 11) is 2.04. The predicted octanol–water partition coefficient (Wildman–Crippen LogP) is 1.30. The molecule has 0 unspecified atom stereocenters. The molecule has 1 aliphatic heterocycles. The van der Waals surface area contributed by atoms with Crippen LogP contribution in [-0.2, 0) is 11.3 Å². The summed E-state index contributed by atoms with van der Waals surface area (Å²) < 4.78 is 1.09. The molecule has 1 fully saturated rings. The fraction of sp³-hybridized carbons (Fsp3) is 0.500. The lowest BCUT2D eigenvalue weighted by Gasteiger charge is -2.22. The van der Waals surface area contributed by atoms with E-state index < -0.39 is 0 Å². The van der Waals surface area contributed by atoms with Gasteiger partial charge in [-0.05, 0) is 24.7 Å². The maximum absolute atomic E-state index is 11.5. The van der Waals surface area contributed by atoms with E-state index in [-0.39, 0.29) is 11.8 Å². The van der Waals surface area contributed by atoms with Crippen molar-refractivity contribution in [1.29, 1.82) is 0 Å². The van der Waals surface area contributed by atoms with E-state index in [4.69, 9.17) is 5.73 Å². The van der Waals surface area contributed by atoms with Crippen molar-refractivity contribution in [3.8, 4) is 0 Å². The van der Waals surface area contributed by atoms with Crippen LogP contribution in [0, 0.1) is 5.92 Å². The smallest absolute Gasteiger partial charge is 0.223 e. The third-order valence-corrected chi connectivity index (χ3v) is 4.00. The molecule has 5 heteroatoms. The molecule has 1 amide bonds. The lowest BCUT2D eigenvalue weighted by Crippen LogP contribution is -2.37. The van der Waals surface area contributed by atoms with Crippen LogP contribution in [-0.4, -0.2) is 48.9 Å². The lowest BCUT2D eigenvalue weighted by atomic mass is 10.1. The Bertz CT molecular complexity index is 452. The first-order valence-electron chi connectivity index (χ1n) is 6.49. The van der Waals surface area contributed by atoms with Gasteiger partial charge in [0.1, 0.15) is 0 Å². The van der Waals surface area contributed by atoms with Gasteiger partial charge in [-0.2, -0.15) is 0 Å². The zero-order chi connectivity index (χ0) is 13.8. The van der Waals surface area contributed by atoms with Crippen LogP contribution < -0.4 is 5.73 Å². The van der Waals surface area contributed by atoms with Crippen molar-refractivity contribution in [2.45, 2.75) is 6.54 Å². The number of hydrogen-bond donors (Lipinski definition) is 1. The monoisotopic (exact) mass is 325 g/mol. The number of nitrogens with zero attached hydrogens (tertiary/aromatic N) is 2. The van der Waals surface area contributed by atoms with Crippen LogP contribution in [0.15, 0.2) is 28.7 Å². The first-order valence-corrected chi connectivity index (χ1v) is 7.28. The fourth-order valence-corrected chi connectivity index (χ4v) is 2.90. The number of hydrogen-bond acceptors (Lipinski definition) is 3. The molecule has 0 aliphatic carbocycles. The Labute approximate surface area is 122 Å². The molecule has 1 aliphatic rings. The number of primary amides is 1. The number of likely N-dealkylation sites (N-methyl/N-ethyl adjacent to an activating group) is 1. The van der Waals surface area contributed by atoms with E-state index in [1.807, 2.05) is 19.2 Å². The molecule has 0 aromatic heterocycles. The van der Waals surface area contributed by atoms with Crippen LogP contribution >= 0.6 is 15.9 Å². The average molecular weight is 326 g/mol. The van der Waals surface area contributed by atoms with Crippen LogP contribution in [0.2, 0.25) is 0 Å². The third-order valence-electron chi connectivity index (χ3n) is 3.51. The summed E-state index contributed by atoms with van der Waals surface area (Å²) in [4.78, 5) is 15.9. The number of benzene rings is 1. The minimum Gasteiger partial charge on any atom is -0.369 e. The Kier molecular flexibility index (Phi) is 4.96. The number of amides is 1. The molecule has 0 spiro atoms. The molecule has 0 bridgehead atoms. The van der Waals surface area contributed by atoms with Crippen molar-refractivity contribution in [2.24, 2.45) is 11.7 Å².